The fraction of sp³-hybridized carbons (Fsp3) is 0.167. The molecule has 0 spiro atoms. The van der Waals surface area contributed by atoms with Gasteiger partial charge in [-0.05, 0) is 42.3 Å². The number of fused-ring (bicyclic) bond motifs is 1. The van der Waals surface area contributed by atoms with E-state index in [1.807, 2.05) is 29.6 Å². The predicted molar refractivity (Wildman–Crippen MR) is 98.1 cm³/mol. The molecule has 5 nitrogen and oxygen atoms in total. The summed E-state index contributed by atoms with van der Waals surface area (Å²) in [5, 5.41) is 6.00. The molecule has 7 heteroatoms. The van der Waals surface area contributed by atoms with Gasteiger partial charge in [-0.1, -0.05) is 11.6 Å². The monoisotopic (exact) mass is 371 g/mol. The number of ether oxygens (including phenoxy) is 1. The van der Waals surface area contributed by atoms with E-state index < -0.39 is 0 Å². The molecule has 0 aliphatic carbocycles. The van der Waals surface area contributed by atoms with Crippen molar-refractivity contribution in [2.75, 3.05) is 11.9 Å². The number of carbonyl (C=O) groups excluding carboxylic acids is 1. The molecular weight excluding hydrogens is 358 g/mol. The number of anilines is 1. The predicted octanol–water partition coefficient (Wildman–Crippen LogP) is 4.05. The molecule has 1 aliphatic heterocycles. The van der Waals surface area contributed by atoms with Crippen molar-refractivity contribution in [2.24, 2.45) is 5.92 Å². The van der Waals surface area contributed by atoms with Crippen LogP contribution in [0.5, 0.6) is 5.75 Å². The Balaban J connectivity index is 1.45. The van der Waals surface area contributed by atoms with Gasteiger partial charge in [0.1, 0.15) is 12.4 Å². The van der Waals surface area contributed by atoms with E-state index in [1.165, 1.54) is 11.3 Å². The topological polar surface area (TPSA) is 64.1 Å². The lowest BCUT2D eigenvalue weighted by Gasteiger charge is -2.24. The molecular formula is C18H14ClN3O2S. The van der Waals surface area contributed by atoms with Crippen LogP contribution in [0.2, 0.25) is 5.02 Å². The average Bonchev–Trinajstić information content (AvgIpc) is 3.10. The fourth-order valence-electron chi connectivity index (χ4n) is 2.72. The third kappa shape index (κ3) is 3.50. The summed E-state index contributed by atoms with van der Waals surface area (Å²) in [6, 6.07) is 9.27. The molecule has 1 N–H and O–H groups in total. The summed E-state index contributed by atoms with van der Waals surface area (Å²) < 4.78 is 5.68. The molecule has 1 aromatic carbocycles. The minimum atomic E-state index is -0.267. The fourth-order valence-corrected chi connectivity index (χ4v) is 3.63. The molecule has 0 saturated carbocycles. The van der Waals surface area contributed by atoms with Crippen LogP contribution in [-0.2, 0) is 11.2 Å². The van der Waals surface area contributed by atoms with Gasteiger partial charge >= 0.3 is 0 Å². The number of aromatic nitrogens is 2. The van der Waals surface area contributed by atoms with E-state index in [2.05, 4.69) is 15.3 Å². The summed E-state index contributed by atoms with van der Waals surface area (Å²) in [4.78, 5) is 21.1. The lowest BCUT2D eigenvalue weighted by molar-refractivity contribution is -0.121. The number of pyridine rings is 1. The van der Waals surface area contributed by atoms with Gasteiger partial charge in [0.15, 0.2) is 5.13 Å². The zero-order chi connectivity index (χ0) is 17.2. The van der Waals surface area contributed by atoms with Gasteiger partial charge in [0, 0.05) is 28.4 Å². The molecule has 3 heterocycles. The van der Waals surface area contributed by atoms with Crippen LogP contribution in [0.15, 0.2) is 48.1 Å². The van der Waals surface area contributed by atoms with Gasteiger partial charge in [0.2, 0.25) is 5.91 Å². The van der Waals surface area contributed by atoms with Crippen LogP contribution in [0.4, 0.5) is 5.13 Å². The second kappa shape index (κ2) is 6.82. The Morgan fingerprint density at radius 2 is 2.28 bits per heavy atom. The van der Waals surface area contributed by atoms with Crippen LogP contribution in [0.25, 0.3) is 11.3 Å². The summed E-state index contributed by atoms with van der Waals surface area (Å²) in [5.41, 5.74) is 2.67. The molecule has 3 aromatic rings. The number of carbonyl (C=O) groups is 1. The van der Waals surface area contributed by atoms with Gasteiger partial charge in [-0.3, -0.25) is 9.78 Å². The highest BCUT2D eigenvalue weighted by Crippen LogP contribution is 2.31. The number of thiazole rings is 1. The molecule has 2 aromatic heterocycles. The van der Waals surface area contributed by atoms with Crippen molar-refractivity contribution < 1.29 is 9.53 Å². The first-order valence-corrected chi connectivity index (χ1v) is 9.03. The summed E-state index contributed by atoms with van der Waals surface area (Å²) in [5.74, 6) is 0.427. The number of hydrogen-bond acceptors (Lipinski definition) is 5. The average molecular weight is 372 g/mol. The Bertz CT molecular complexity index is 914. The molecule has 0 radical (unpaired) electrons. The minimum Gasteiger partial charge on any atom is -0.492 e. The smallest absolute Gasteiger partial charge is 0.233 e. The Labute approximate surface area is 153 Å². The van der Waals surface area contributed by atoms with Crippen molar-refractivity contribution in [1.82, 2.24) is 9.97 Å². The first-order chi connectivity index (χ1) is 12.2. The lowest BCUT2D eigenvalue weighted by atomic mass is 9.96. The first kappa shape index (κ1) is 16.1. The van der Waals surface area contributed by atoms with E-state index in [9.17, 15) is 4.79 Å². The first-order valence-electron chi connectivity index (χ1n) is 7.77. The van der Waals surface area contributed by atoms with Crippen molar-refractivity contribution in [2.45, 2.75) is 6.42 Å². The number of amides is 1. The maximum Gasteiger partial charge on any atom is 0.233 e. The number of nitrogens with zero attached hydrogens (tertiary/aromatic N) is 2. The maximum atomic E-state index is 12.5. The number of benzene rings is 1. The van der Waals surface area contributed by atoms with Gasteiger partial charge in [0.05, 0.1) is 11.6 Å². The van der Waals surface area contributed by atoms with Crippen molar-refractivity contribution in [3.63, 3.8) is 0 Å². The largest absolute Gasteiger partial charge is 0.492 e. The van der Waals surface area contributed by atoms with Crippen molar-refractivity contribution in [1.29, 1.82) is 0 Å². The molecule has 1 atom stereocenters. The van der Waals surface area contributed by atoms with E-state index >= 15 is 0 Å². The lowest BCUT2D eigenvalue weighted by Crippen LogP contribution is -2.32. The van der Waals surface area contributed by atoms with Gasteiger partial charge in [-0.15, -0.1) is 11.3 Å². The van der Waals surface area contributed by atoms with Gasteiger partial charge in [-0.25, -0.2) is 4.98 Å². The molecule has 1 amide bonds. The SMILES string of the molecule is O=C(Nc1nc(-c2cccnc2)cs1)C1COc2ccc(Cl)cc2C1. The second-order valence-electron chi connectivity index (χ2n) is 5.73. The van der Waals surface area contributed by atoms with Crippen LogP contribution >= 0.6 is 22.9 Å². The molecule has 0 bridgehead atoms. The van der Waals surface area contributed by atoms with Crippen LogP contribution in [0.1, 0.15) is 5.56 Å². The van der Waals surface area contributed by atoms with Crippen molar-refractivity contribution >= 4 is 34.0 Å². The normalized spacial score (nSPS) is 16.0. The molecule has 1 aliphatic rings. The van der Waals surface area contributed by atoms with Crippen molar-refractivity contribution in [3.05, 3.63) is 58.7 Å². The highest BCUT2D eigenvalue weighted by molar-refractivity contribution is 7.14. The quantitative estimate of drug-likeness (QED) is 0.754. The zero-order valence-electron chi connectivity index (χ0n) is 13.1. The molecule has 0 saturated heterocycles. The van der Waals surface area contributed by atoms with E-state index in [0.717, 1.165) is 22.6 Å². The van der Waals surface area contributed by atoms with Crippen LogP contribution < -0.4 is 10.1 Å². The van der Waals surface area contributed by atoms with Crippen molar-refractivity contribution in [3.8, 4) is 17.0 Å². The number of nitrogens with one attached hydrogen (secondary N) is 1. The van der Waals surface area contributed by atoms with E-state index in [1.54, 1.807) is 18.5 Å². The summed E-state index contributed by atoms with van der Waals surface area (Å²) in [6.45, 7) is 0.349. The number of halogens is 1. The Morgan fingerprint density at radius 1 is 1.36 bits per heavy atom. The summed E-state index contributed by atoms with van der Waals surface area (Å²) >= 11 is 7.42. The molecule has 126 valence electrons. The van der Waals surface area contributed by atoms with Crippen LogP contribution in [0.3, 0.4) is 0 Å². The molecule has 4 rings (SSSR count). The number of hydrogen-bond donors (Lipinski definition) is 1. The second-order valence-corrected chi connectivity index (χ2v) is 7.03. The van der Waals surface area contributed by atoms with Gasteiger partial charge in [0.25, 0.3) is 0 Å². The Morgan fingerprint density at radius 3 is 3.12 bits per heavy atom. The van der Waals surface area contributed by atoms with E-state index in [0.29, 0.717) is 23.2 Å². The Hall–Kier alpha value is -2.44. The van der Waals surface area contributed by atoms with Gasteiger partial charge in [-0.2, -0.15) is 0 Å². The maximum absolute atomic E-state index is 12.5. The summed E-state index contributed by atoms with van der Waals surface area (Å²) in [6.07, 6.45) is 4.06. The molecule has 25 heavy (non-hydrogen) atoms. The third-order valence-corrected chi connectivity index (χ3v) is 4.98. The zero-order valence-corrected chi connectivity index (χ0v) is 14.7. The summed E-state index contributed by atoms with van der Waals surface area (Å²) in [7, 11) is 0. The molecule has 1 unspecified atom stereocenters. The highest BCUT2D eigenvalue weighted by atomic mass is 35.5. The highest BCUT2D eigenvalue weighted by Gasteiger charge is 2.26. The van der Waals surface area contributed by atoms with E-state index in [4.69, 9.17) is 16.3 Å². The number of rotatable bonds is 3. The minimum absolute atomic E-state index is 0.0993. The van der Waals surface area contributed by atoms with E-state index in [-0.39, 0.29) is 11.8 Å². The molecule has 0 fully saturated rings. The van der Waals surface area contributed by atoms with Crippen LogP contribution in [-0.4, -0.2) is 22.5 Å². The van der Waals surface area contributed by atoms with Crippen LogP contribution in [0, 0.1) is 5.92 Å². The Kier molecular flexibility index (Phi) is 4.38. The standard InChI is InChI=1S/C18H14ClN3O2S/c19-14-3-4-16-12(7-14)6-13(9-24-16)17(23)22-18-21-15(10-25-18)11-2-1-5-20-8-11/h1-5,7-8,10,13H,6,9H2,(H,21,22,23). The van der Waals surface area contributed by atoms with Gasteiger partial charge < -0.3 is 10.1 Å². The third-order valence-electron chi connectivity index (χ3n) is 3.99.